The van der Waals surface area contributed by atoms with Crippen LogP contribution < -0.4 is 5.32 Å². The van der Waals surface area contributed by atoms with Gasteiger partial charge in [0.1, 0.15) is 0 Å². The molecule has 2 unspecified atom stereocenters. The van der Waals surface area contributed by atoms with Crippen molar-refractivity contribution < 1.29 is 9.59 Å². The normalized spacial score (nSPS) is 17.1. The summed E-state index contributed by atoms with van der Waals surface area (Å²) >= 11 is 6.66. The number of carbonyl (C=O) groups excluding carboxylic acids is 2. The molecular formula is C29H26ClN3O2. The molecule has 0 aliphatic carbocycles. The van der Waals surface area contributed by atoms with Crippen molar-refractivity contribution in [1.82, 2.24) is 9.88 Å². The fourth-order valence-corrected chi connectivity index (χ4v) is 5.33. The van der Waals surface area contributed by atoms with E-state index < -0.39 is 0 Å². The van der Waals surface area contributed by atoms with Gasteiger partial charge in [0.05, 0.1) is 12.5 Å². The average molecular weight is 484 g/mol. The maximum absolute atomic E-state index is 13.7. The fraction of sp³-hybridized carbons (Fsp3) is 0.172. The second-order valence-corrected chi connectivity index (χ2v) is 9.23. The number of halogens is 1. The molecule has 2 N–H and O–H groups in total. The SMILES string of the molecule is C=CC(=O)Nc1ccccc1CC(=O)N1CC(c2ccccc2Cl)c2c([nH]c3ccccc23)C1C. The van der Waals surface area contributed by atoms with Gasteiger partial charge in [0, 0.05) is 39.8 Å². The van der Waals surface area contributed by atoms with Crippen molar-refractivity contribution in [3.63, 3.8) is 0 Å². The maximum atomic E-state index is 13.7. The summed E-state index contributed by atoms with van der Waals surface area (Å²) in [5, 5.41) is 4.65. The topological polar surface area (TPSA) is 65.2 Å². The Morgan fingerprint density at radius 3 is 2.60 bits per heavy atom. The Balaban J connectivity index is 1.54. The molecule has 6 heteroatoms. The van der Waals surface area contributed by atoms with Crippen molar-refractivity contribution in [2.75, 3.05) is 11.9 Å². The zero-order valence-electron chi connectivity index (χ0n) is 19.4. The highest BCUT2D eigenvalue weighted by Gasteiger charge is 2.37. The number of H-pyrrole nitrogens is 1. The van der Waals surface area contributed by atoms with E-state index in [1.165, 1.54) is 11.6 Å². The first-order valence-corrected chi connectivity index (χ1v) is 12.0. The molecule has 0 saturated heterocycles. The Kier molecular flexibility index (Phi) is 6.18. The van der Waals surface area contributed by atoms with Crippen molar-refractivity contribution in [3.05, 3.63) is 113 Å². The highest BCUT2D eigenvalue weighted by molar-refractivity contribution is 6.31. The van der Waals surface area contributed by atoms with Crippen LogP contribution in [0, 0.1) is 0 Å². The van der Waals surface area contributed by atoms with Gasteiger partial charge < -0.3 is 15.2 Å². The van der Waals surface area contributed by atoms with Crippen molar-refractivity contribution in [2.45, 2.75) is 25.3 Å². The van der Waals surface area contributed by atoms with Crippen LogP contribution in [0.4, 0.5) is 5.69 Å². The van der Waals surface area contributed by atoms with Gasteiger partial charge in [0.25, 0.3) is 0 Å². The third-order valence-electron chi connectivity index (χ3n) is 6.79. The highest BCUT2D eigenvalue weighted by atomic mass is 35.5. The number of amides is 2. The first-order chi connectivity index (χ1) is 17.0. The van der Waals surface area contributed by atoms with Gasteiger partial charge in [0.2, 0.25) is 11.8 Å². The largest absolute Gasteiger partial charge is 0.356 e. The molecule has 1 aliphatic heterocycles. The van der Waals surface area contributed by atoms with Crippen molar-refractivity contribution >= 4 is 40.0 Å². The Labute approximate surface area is 209 Å². The Morgan fingerprint density at radius 1 is 1.09 bits per heavy atom. The molecular weight excluding hydrogens is 458 g/mol. The zero-order chi connectivity index (χ0) is 24.5. The molecule has 176 valence electrons. The van der Waals surface area contributed by atoms with Gasteiger partial charge in [-0.25, -0.2) is 0 Å². The summed E-state index contributed by atoms with van der Waals surface area (Å²) in [5.41, 5.74) is 5.66. The van der Waals surface area contributed by atoms with E-state index in [-0.39, 0.29) is 30.2 Å². The van der Waals surface area contributed by atoms with E-state index in [4.69, 9.17) is 11.6 Å². The number of para-hydroxylation sites is 2. The predicted octanol–water partition coefficient (Wildman–Crippen LogP) is 6.22. The fourth-order valence-electron chi connectivity index (χ4n) is 5.07. The van der Waals surface area contributed by atoms with Gasteiger partial charge in [0.15, 0.2) is 0 Å². The highest BCUT2D eigenvalue weighted by Crippen LogP contribution is 2.44. The first-order valence-electron chi connectivity index (χ1n) is 11.6. The van der Waals surface area contributed by atoms with E-state index in [2.05, 4.69) is 35.9 Å². The monoisotopic (exact) mass is 483 g/mol. The van der Waals surface area contributed by atoms with Crippen LogP contribution in [0.15, 0.2) is 85.5 Å². The van der Waals surface area contributed by atoms with Gasteiger partial charge in [-0.2, -0.15) is 0 Å². The lowest BCUT2D eigenvalue weighted by atomic mass is 9.83. The number of carbonyl (C=O) groups is 2. The van der Waals surface area contributed by atoms with Crippen molar-refractivity contribution in [2.24, 2.45) is 0 Å². The minimum absolute atomic E-state index is 0.0147. The molecule has 35 heavy (non-hydrogen) atoms. The molecule has 0 fully saturated rings. The molecule has 0 saturated carbocycles. The molecule has 1 aromatic heterocycles. The van der Waals surface area contributed by atoms with Crippen LogP contribution in [-0.2, 0) is 16.0 Å². The van der Waals surface area contributed by atoms with Crippen molar-refractivity contribution in [3.8, 4) is 0 Å². The zero-order valence-corrected chi connectivity index (χ0v) is 20.2. The lowest BCUT2D eigenvalue weighted by Gasteiger charge is -2.39. The standard InChI is InChI=1S/C29H26ClN3O2/c1-3-26(34)31-24-14-8-4-10-19(24)16-27(35)33-17-22(20-11-5-7-13-23(20)30)28-21-12-6-9-15-25(21)32-29(28)18(33)2/h3-15,18,22,32H,1,16-17H2,2H3,(H,31,34). The van der Waals surface area contributed by atoms with Crippen LogP contribution in [0.25, 0.3) is 10.9 Å². The Bertz CT molecular complexity index is 1440. The van der Waals surface area contributed by atoms with Gasteiger partial charge in [-0.3, -0.25) is 9.59 Å². The molecule has 0 radical (unpaired) electrons. The van der Waals surface area contributed by atoms with Crippen LogP contribution in [0.2, 0.25) is 5.02 Å². The van der Waals surface area contributed by atoms with E-state index in [1.54, 1.807) is 6.07 Å². The number of hydrogen-bond donors (Lipinski definition) is 2. The summed E-state index contributed by atoms with van der Waals surface area (Å²) in [6.45, 7) is 6.08. The summed E-state index contributed by atoms with van der Waals surface area (Å²) < 4.78 is 0. The van der Waals surface area contributed by atoms with E-state index >= 15 is 0 Å². The number of fused-ring (bicyclic) bond motifs is 3. The number of nitrogens with one attached hydrogen (secondary N) is 2. The first kappa shape index (κ1) is 22.9. The Morgan fingerprint density at radius 2 is 1.80 bits per heavy atom. The predicted molar refractivity (Wildman–Crippen MR) is 141 cm³/mol. The van der Waals surface area contributed by atoms with Gasteiger partial charge >= 0.3 is 0 Å². The molecule has 5 nitrogen and oxygen atoms in total. The number of aromatic nitrogens is 1. The molecule has 2 amide bonds. The van der Waals surface area contributed by atoms with E-state index in [1.807, 2.05) is 59.5 Å². The Hall–Kier alpha value is -3.83. The summed E-state index contributed by atoms with van der Waals surface area (Å²) in [6.07, 6.45) is 1.39. The van der Waals surface area contributed by atoms with Crippen LogP contribution in [0.1, 0.15) is 41.3 Å². The number of nitrogens with zero attached hydrogens (tertiary/aromatic N) is 1. The molecule has 2 atom stereocenters. The van der Waals surface area contributed by atoms with Crippen molar-refractivity contribution in [1.29, 1.82) is 0 Å². The molecule has 5 rings (SSSR count). The number of hydrogen-bond acceptors (Lipinski definition) is 2. The second kappa shape index (κ2) is 9.43. The van der Waals surface area contributed by atoms with Crippen LogP contribution in [0.5, 0.6) is 0 Å². The third-order valence-corrected chi connectivity index (χ3v) is 7.14. The van der Waals surface area contributed by atoms with Crippen LogP contribution >= 0.6 is 11.6 Å². The molecule has 0 spiro atoms. The lowest BCUT2D eigenvalue weighted by molar-refractivity contribution is -0.133. The summed E-state index contributed by atoms with van der Waals surface area (Å²) in [4.78, 5) is 31.1. The smallest absolute Gasteiger partial charge is 0.247 e. The summed E-state index contributed by atoms with van der Waals surface area (Å²) in [7, 11) is 0. The van der Waals surface area contributed by atoms with Gasteiger partial charge in [-0.05, 0) is 47.9 Å². The lowest BCUT2D eigenvalue weighted by Crippen LogP contribution is -2.42. The van der Waals surface area contributed by atoms with Gasteiger partial charge in [-0.15, -0.1) is 0 Å². The minimum atomic E-state index is -0.308. The summed E-state index contributed by atoms with van der Waals surface area (Å²) in [6, 6.07) is 23.3. The summed E-state index contributed by atoms with van der Waals surface area (Å²) in [5.74, 6) is -0.386. The number of rotatable bonds is 5. The number of anilines is 1. The third kappa shape index (κ3) is 4.24. The average Bonchev–Trinajstić information content (AvgIpc) is 3.26. The van der Waals surface area contributed by atoms with Gasteiger partial charge in [-0.1, -0.05) is 72.8 Å². The molecule has 1 aliphatic rings. The number of benzene rings is 3. The van der Waals surface area contributed by atoms with Crippen LogP contribution in [0.3, 0.4) is 0 Å². The van der Waals surface area contributed by atoms with E-state index in [0.29, 0.717) is 17.3 Å². The quantitative estimate of drug-likeness (QED) is 0.331. The van der Waals surface area contributed by atoms with E-state index in [9.17, 15) is 9.59 Å². The second-order valence-electron chi connectivity index (χ2n) is 8.82. The number of aromatic amines is 1. The maximum Gasteiger partial charge on any atom is 0.247 e. The minimum Gasteiger partial charge on any atom is -0.356 e. The molecule has 3 aromatic carbocycles. The molecule has 0 bridgehead atoms. The molecule has 4 aromatic rings. The van der Waals surface area contributed by atoms with E-state index in [0.717, 1.165) is 27.7 Å². The molecule has 2 heterocycles. The van der Waals surface area contributed by atoms with Crippen LogP contribution in [-0.4, -0.2) is 28.2 Å².